The predicted octanol–water partition coefficient (Wildman–Crippen LogP) is 4.34. The zero-order valence-corrected chi connectivity index (χ0v) is 25.9. The number of fused-ring (bicyclic) bond motifs is 1. The summed E-state index contributed by atoms with van der Waals surface area (Å²) in [4.78, 5) is 29.0. The van der Waals surface area contributed by atoms with Crippen LogP contribution >= 0.6 is 0 Å². The third-order valence-electron chi connectivity index (χ3n) is 8.80. The standard InChI is InChI=1S/C36H45N3O5/c1-35(2,3)44-34(42)37-31(23-26-14-8-5-9-15-26)36(43)18-20-39(21-19-36)29(22-25-12-6-4-7-13-25)33(41)38-32-28-17-11-10-16-27(28)24-30(32)40/h4-17,29-32,40,43H,18-24H2,1-3H3,(H,37,42)(H,38,41)/t29-,30+,31-,32-/m0/s1. The molecule has 1 heterocycles. The molecule has 2 aliphatic rings. The quantitative estimate of drug-likeness (QED) is 0.291. The van der Waals surface area contributed by atoms with E-state index in [2.05, 4.69) is 15.5 Å². The molecule has 3 aromatic rings. The van der Waals surface area contributed by atoms with Crippen LogP contribution in [0.5, 0.6) is 0 Å². The van der Waals surface area contributed by atoms with E-state index in [-0.39, 0.29) is 5.91 Å². The zero-order chi connectivity index (χ0) is 31.3. The van der Waals surface area contributed by atoms with Crippen LogP contribution in [-0.2, 0) is 28.8 Å². The molecule has 0 radical (unpaired) electrons. The van der Waals surface area contributed by atoms with E-state index in [1.54, 1.807) is 0 Å². The first-order valence-electron chi connectivity index (χ1n) is 15.6. The summed E-state index contributed by atoms with van der Waals surface area (Å²) >= 11 is 0. The molecule has 4 N–H and O–H groups in total. The van der Waals surface area contributed by atoms with E-state index in [0.717, 1.165) is 22.3 Å². The number of nitrogens with zero attached hydrogens (tertiary/aromatic N) is 1. The Morgan fingerprint density at radius 1 is 0.909 bits per heavy atom. The molecule has 8 nitrogen and oxygen atoms in total. The molecule has 1 fully saturated rings. The van der Waals surface area contributed by atoms with Crippen molar-refractivity contribution in [1.29, 1.82) is 0 Å². The predicted molar refractivity (Wildman–Crippen MR) is 170 cm³/mol. The lowest BCUT2D eigenvalue weighted by Gasteiger charge is -2.45. The number of benzene rings is 3. The second-order valence-electron chi connectivity index (χ2n) is 13.2. The Balaban J connectivity index is 1.33. The summed E-state index contributed by atoms with van der Waals surface area (Å²) in [6.07, 6.45) is 0.947. The Hall–Kier alpha value is -3.72. The van der Waals surface area contributed by atoms with Crippen LogP contribution < -0.4 is 10.6 Å². The van der Waals surface area contributed by atoms with Gasteiger partial charge in [0.15, 0.2) is 0 Å². The normalized spacial score (nSPS) is 21.1. The molecule has 234 valence electrons. The van der Waals surface area contributed by atoms with Gasteiger partial charge in [-0.05, 0) is 68.7 Å². The van der Waals surface area contributed by atoms with Gasteiger partial charge in [-0.15, -0.1) is 0 Å². The number of piperidine rings is 1. The van der Waals surface area contributed by atoms with E-state index < -0.39 is 41.5 Å². The molecule has 44 heavy (non-hydrogen) atoms. The number of amides is 2. The van der Waals surface area contributed by atoms with Gasteiger partial charge in [-0.1, -0.05) is 84.9 Å². The number of aliphatic hydroxyl groups excluding tert-OH is 1. The minimum atomic E-state index is -1.20. The third-order valence-corrected chi connectivity index (χ3v) is 8.80. The minimum absolute atomic E-state index is 0.146. The van der Waals surface area contributed by atoms with E-state index in [9.17, 15) is 19.8 Å². The van der Waals surface area contributed by atoms with Crippen molar-refractivity contribution in [2.75, 3.05) is 13.1 Å². The Labute approximate surface area is 260 Å². The molecule has 1 aliphatic heterocycles. The number of alkyl carbamates (subject to hydrolysis) is 1. The molecule has 0 bridgehead atoms. The van der Waals surface area contributed by atoms with E-state index >= 15 is 0 Å². The maximum Gasteiger partial charge on any atom is 0.407 e. The monoisotopic (exact) mass is 599 g/mol. The topological polar surface area (TPSA) is 111 Å². The molecule has 4 atom stereocenters. The lowest BCUT2D eigenvalue weighted by molar-refractivity contribution is -0.130. The summed E-state index contributed by atoms with van der Waals surface area (Å²) in [5, 5.41) is 29.0. The second kappa shape index (κ2) is 13.5. The lowest BCUT2D eigenvalue weighted by atomic mass is 9.80. The number of rotatable bonds is 9. The first-order chi connectivity index (χ1) is 21.0. The van der Waals surface area contributed by atoms with Crippen LogP contribution in [0.15, 0.2) is 84.9 Å². The lowest BCUT2D eigenvalue weighted by Crippen LogP contribution is -2.61. The fourth-order valence-electron chi connectivity index (χ4n) is 6.47. The van der Waals surface area contributed by atoms with Crippen LogP contribution in [-0.4, -0.2) is 69.6 Å². The van der Waals surface area contributed by atoms with Crippen LogP contribution in [0.4, 0.5) is 4.79 Å². The van der Waals surface area contributed by atoms with Gasteiger partial charge >= 0.3 is 6.09 Å². The number of nitrogens with one attached hydrogen (secondary N) is 2. The van der Waals surface area contributed by atoms with Gasteiger partial charge in [-0.3, -0.25) is 9.69 Å². The van der Waals surface area contributed by atoms with E-state index in [4.69, 9.17) is 4.74 Å². The van der Waals surface area contributed by atoms with Gasteiger partial charge in [0.05, 0.1) is 29.8 Å². The van der Waals surface area contributed by atoms with Crippen molar-refractivity contribution in [2.24, 2.45) is 0 Å². The molecular formula is C36H45N3O5. The van der Waals surface area contributed by atoms with E-state index in [1.807, 2.05) is 106 Å². The SMILES string of the molecule is CC(C)(C)OC(=O)N[C@@H](Cc1ccccc1)C1(O)CCN([C@@H](Cc2ccccc2)C(=O)N[C@H]2c3ccccc3C[C@H]2O)CC1. The Kier molecular flexibility index (Phi) is 9.73. The zero-order valence-electron chi connectivity index (χ0n) is 25.9. The highest BCUT2D eigenvalue weighted by Gasteiger charge is 2.44. The van der Waals surface area contributed by atoms with Crippen molar-refractivity contribution in [3.63, 3.8) is 0 Å². The summed E-state index contributed by atoms with van der Waals surface area (Å²) in [6, 6.07) is 26.0. The number of ether oxygens (including phenoxy) is 1. The molecule has 2 amide bonds. The number of likely N-dealkylation sites (tertiary alicyclic amines) is 1. The van der Waals surface area contributed by atoms with Crippen molar-refractivity contribution in [3.05, 3.63) is 107 Å². The number of hydrogen-bond acceptors (Lipinski definition) is 6. The van der Waals surface area contributed by atoms with Gasteiger partial charge in [-0.25, -0.2) is 4.79 Å². The highest BCUT2D eigenvalue weighted by molar-refractivity contribution is 5.83. The summed E-state index contributed by atoms with van der Waals surface area (Å²) in [5.41, 5.74) is 2.18. The smallest absolute Gasteiger partial charge is 0.407 e. The Bertz CT molecular complexity index is 1400. The Morgan fingerprint density at radius 2 is 1.48 bits per heavy atom. The van der Waals surface area contributed by atoms with Crippen molar-refractivity contribution in [1.82, 2.24) is 15.5 Å². The average molecular weight is 600 g/mol. The van der Waals surface area contributed by atoms with E-state index in [1.165, 1.54) is 0 Å². The van der Waals surface area contributed by atoms with Crippen LogP contribution in [0.3, 0.4) is 0 Å². The Morgan fingerprint density at radius 3 is 2.09 bits per heavy atom. The minimum Gasteiger partial charge on any atom is -0.444 e. The first-order valence-corrected chi connectivity index (χ1v) is 15.6. The van der Waals surface area contributed by atoms with E-state index in [0.29, 0.717) is 45.2 Å². The first kappa shape index (κ1) is 31.7. The highest BCUT2D eigenvalue weighted by atomic mass is 16.6. The number of aliphatic hydroxyl groups is 2. The average Bonchev–Trinajstić information content (AvgIpc) is 3.30. The number of hydrogen-bond donors (Lipinski definition) is 4. The summed E-state index contributed by atoms with van der Waals surface area (Å²) in [6.45, 7) is 6.37. The van der Waals surface area contributed by atoms with Crippen molar-refractivity contribution in [3.8, 4) is 0 Å². The van der Waals surface area contributed by atoms with Crippen molar-refractivity contribution >= 4 is 12.0 Å². The molecule has 0 saturated carbocycles. The van der Waals surface area contributed by atoms with Crippen LogP contribution in [0.1, 0.15) is 61.9 Å². The molecule has 8 heteroatoms. The summed E-state index contributed by atoms with van der Waals surface area (Å²) in [5.74, 6) is -0.146. The fraction of sp³-hybridized carbons (Fsp3) is 0.444. The number of carbonyl (C=O) groups excluding carboxylic acids is 2. The molecule has 1 saturated heterocycles. The summed E-state index contributed by atoms with van der Waals surface area (Å²) < 4.78 is 5.55. The van der Waals surface area contributed by atoms with Crippen LogP contribution in [0.2, 0.25) is 0 Å². The maximum absolute atomic E-state index is 14.0. The third kappa shape index (κ3) is 7.86. The summed E-state index contributed by atoms with van der Waals surface area (Å²) in [7, 11) is 0. The van der Waals surface area contributed by atoms with Crippen molar-refractivity contribution in [2.45, 2.75) is 88.3 Å². The molecule has 1 aliphatic carbocycles. The van der Waals surface area contributed by atoms with Gasteiger partial charge < -0.3 is 25.6 Å². The molecule has 5 rings (SSSR count). The molecular weight excluding hydrogens is 554 g/mol. The van der Waals surface area contributed by atoms with Gasteiger partial charge in [0.25, 0.3) is 0 Å². The van der Waals surface area contributed by atoms with Crippen LogP contribution in [0, 0.1) is 0 Å². The highest BCUT2D eigenvalue weighted by Crippen LogP contribution is 2.33. The molecule has 3 aromatic carbocycles. The maximum atomic E-state index is 14.0. The largest absolute Gasteiger partial charge is 0.444 e. The van der Waals surface area contributed by atoms with Gasteiger partial charge in [0.1, 0.15) is 5.60 Å². The molecule has 0 aromatic heterocycles. The molecule has 0 spiro atoms. The van der Waals surface area contributed by atoms with Gasteiger partial charge in [-0.2, -0.15) is 0 Å². The van der Waals surface area contributed by atoms with Gasteiger partial charge in [0.2, 0.25) is 5.91 Å². The van der Waals surface area contributed by atoms with Crippen molar-refractivity contribution < 1.29 is 24.5 Å². The molecule has 0 unspecified atom stereocenters. The number of carbonyl (C=O) groups is 2. The fourth-order valence-corrected chi connectivity index (χ4v) is 6.47. The van der Waals surface area contributed by atoms with Gasteiger partial charge in [0, 0.05) is 19.5 Å². The second-order valence-corrected chi connectivity index (χ2v) is 13.2. The van der Waals surface area contributed by atoms with Crippen LogP contribution in [0.25, 0.3) is 0 Å².